The average Bonchev–Trinajstić information content (AvgIpc) is 2.45. The summed E-state index contributed by atoms with van der Waals surface area (Å²) >= 11 is 1.76. The summed E-state index contributed by atoms with van der Waals surface area (Å²) in [5, 5.41) is 12.5. The Hall–Kier alpha value is -0.910. The Morgan fingerprint density at radius 2 is 2.19 bits per heavy atom. The van der Waals surface area contributed by atoms with E-state index in [9.17, 15) is 14.7 Å². The van der Waals surface area contributed by atoms with Gasteiger partial charge in [0.2, 0.25) is 0 Å². The summed E-state index contributed by atoms with van der Waals surface area (Å²) in [5.74, 6) is 0.668. The molecule has 0 aromatic rings. The molecule has 0 radical (unpaired) electrons. The molecule has 1 aliphatic rings. The minimum Gasteiger partial charge on any atom is -0.481 e. The molecule has 122 valence electrons. The van der Waals surface area contributed by atoms with Gasteiger partial charge in [-0.25, -0.2) is 4.79 Å². The van der Waals surface area contributed by atoms with E-state index in [0.29, 0.717) is 38.4 Å². The Bertz CT molecular complexity index is 361. The third kappa shape index (κ3) is 5.09. The zero-order chi connectivity index (χ0) is 15.9. The molecule has 0 aliphatic carbocycles. The Balaban J connectivity index is 2.58. The maximum atomic E-state index is 12.2. The van der Waals surface area contributed by atoms with Crippen molar-refractivity contribution in [3.63, 3.8) is 0 Å². The molecule has 2 amide bonds. The molecule has 0 aromatic carbocycles. The van der Waals surface area contributed by atoms with Crippen molar-refractivity contribution in [3.05, 3.63) is 0 Å². The number of hydrogen-bond acceptors (Lipinski definition) is 3. The van der Waals surface area contributed by atoms with Crippen molar-refractivity contribution in [2.24, 2.45) is 11.3 Å². The van der Waals surface area contributed by atoms with Gasteiger partial charge in [-0.2, -0.15) is 11.8 Å². The lowest BCUT2D eigenvalue weighted by Gasteiger charge is -2.40. The van der Waals surface area contributed by atoms with Crippen LogP contribution in [0.3, 0.4) is 0 Å². The molecule has 1 rings (SSSR count). The lowest BCUT2D eigenvalue weighted by molar-refractivity contribution is -0.152. The normalized spacial score (nSPS) is 23.7. The van der Waals surface area contributed by atoms with Crippen LogP contribution in [0.5, 0.6) is 0 Å². The lowest BCUT2D eigenvalue weighted by Crippen LogP contribution is -2.53. The second kappa shape index (κ2) is 8.51. The van der Waals surface area contributed by atoms with E-state index in [2.05, 4.69) is 18.5 Å². The monoisotopic (exact) mass is 316 g/mol. The third-order valence-electron chi connectivity index (χ3n) is 4.10. The van der Waals surface area contributed by atoms with Crippen LogP contribution in [0, 0.1) is 11.3 Å². The van der Waals surface area contributed by atoms with E-state index in [-0.39, 0.29) is 6.03 Å². The maximum Gasteiger partial charge on any atom is 0.317 e. The summed E-state index contributed by atoms with van der Waals surface area (Å²) < 4.78 is 0. The van der Waals surface area contributed by atoms with Crippen LogP contribution in [-0.4, -0.2) is 53.6 Å². The van der Waals surface area contributed by atoms with Crippen LogP contribution in [-0.2, 0) is 4.79 Å². The van der Waals surface area contributed by atoms with E-state index in [4.69, 9.17) is 0 Å². The van der Waals surface area contributed by atoms with Crippen LogP contribution in [0.25, 0.3) is 0 Å². The molecule has 1 aliphatic heterocycles. The van der Waals surface area contributed by atoms with Crippen molar-refractivity contribution < 1.29 is 14.7 Å². The first kappa shape index (κ1) is 18.1. The number of nitrogens with zero attached hydrogens (tertiary/aromatic N) is 1. The van der Waals surface area contributed by atoms with Gasteiger partial charge in [0, 0.05) is 19.6 Å². The number of urea groups is 1. The fourth-order valence-electron chi connectivity index (χ4n) is 2.99. The molecule has 5 nitrogen and oxygen atoms in total. The molecule has 0 aromatic heterocycles. The Kier molecular flexibility index (Phi) is 7.35. The number of thioether (sulfide) groups is 1. The van der Waals surface area contributed by atoms with Crippen molar-refractivity contribution in [1.29, 1.82) is 0 Å². The molecule has 21 heavy (non-hydrogen) atoms. The van der Waals surface area contributed by atoms with Crippen molar-refractivity contribution in [1.82, 2.24) is 10.2 Å². The summed E-state index contributed by atoms with van der Waals surface area (Å²) in [7, 11) is 0. The van der Waals surface area contributed by atoms with Crippen LogP contribution in [0.15, 0.2) is 0 Å². The number of carboxylic acids is 1. The number of amides is 2. The first-order valence-corrected chi connectivity index (χ1v) is 9.09. The van der Waals surface area contributed by atoms with Gasteiger partial charge in [0.1, 0.15) is 0 Å². The minimum absolute atomic E-state index is 0.121. The molecule has 2 atom stereocenters. The fourth-order valence-corrected chi connectivity index (χ4v) is 3.67. The van der Waals surface area contributed by atoms with Gasteiger partial charge in [-0.05, 0) is 37.2 Å². The maximum absolute atomic E-state index is 12.2. The second-order valence-electron chi connectivity index (χ2n) is 6.11. The summed E-state index contributed by atoms with van der Waals surface area (Å²) in [6, 6.07) is -0.121. The number of aliphatic carboxylic acids is 1. The summed E-state index contributed by atoms with van der Waals surface area (Å²) in [5.41, 5.74) is -0.755. The van der Waals surface area contributed by atoms with Crippen molar-refractivity contribution in [2.75, 3.05) is 31.6 Å². The quantitative estimate of drug-likeness (QED) is 0.757. The van der Waals surface area contributed by atoms with Crippen LogP contribution in [0.4, 0.5) is 4.79 Å². The number of piperidine rings is 1. The van der Waals surface area contributed by atoms with Crippen LogP contribution >= 0.6 is 11.8 Å². The predicted octanol–water partition coefficient (Wildman–Crippen LogP) is 2.66. The highest BCUT2D eigenvalue weighted by Gasteiger charge is 2.42. The van der Waals surface area contributed by atoms with E-state index < -0.39 is 11.4 Å². The largest absolute Gasteiger partial charge is 0.481 e. The summed E-state index contributed by atoms with van der Waals surface area (Å²) in [6.07, 6.45) is 4.94. The highest BCUT2D eigenvalue weighted by Crippen LogP contribution is 2.35. The van der Waals surface area contributed by atoms with Gasteiger partial charge in [0.05, 0.1) is 5.41 Å². The van der Waals surface area contributed by atoms with Gasteiger partial charge >= 0.3 is 12.0 Å². The molecule has 2 N–H and O–H groups in total. The van der Waals surface area contributed by atoms with Gasteiger partial charge in [0.15, 0.2) is 0 Å². The van der Waals surface area contributed by atoms with E-state index in [0.717, 1.165) is 18.6 Å². The van der Waals surface area contributed by atoms with Gasteiger partial charge < -0.3 is 15.3 Å². The van der Waals surface area contributed by atoms with Crippen molar-refractivity contribution >= 4 is 23.8 Å². The zero-order valence-electron chi connectivity index (χ0n) is 13.4. The second-order valence-corrected chi connectivity index (χ2v) is 7.02. The van der Waals surface area contributed by atoms with E-state index in [1.807, 2.05) is 6.92 Å². The standard InChI is InChI=1S/C15H28N2O3S/c1-4-6-15(13(18)19)7-5-8-17(11-15)14(20)16-9-12(2)10-21-3/h12H,4-11H2,1-3H3,(H,16,20)(H,18,19). The summed E-state index contributed by atoms with van der Waals surface area (Å²) in [6.45, 7) is 5.73. The molecule has 1 saturated heterocycles. The highest BCUT2D eigenvalue weighted by molar-refractivity contribution is 7.98. The van der Waals surface area contributed by atoms with Crippen LogP contribution < -0.4 is 5.32 Å². The Labute approximate surface area is 131 Å². The molecule has 0 bridgehead atoms. The number of likely N-dealkylation sites (tertiary alicyclic amines) is 1. The third-order valence-corrected chi connectivity index (χ3v) is 5.00. The van der Waals surface area contributed by atoms with E-state index in [1.54, 1.807) is 16.7 Å². The molecule has 1 heterocycles. The molecular weight excluding hydrogens is 288 g/mol. The lowest BCUT2D eigenvalue weighted by atomic mass is 9.76. The van der Waals surface area contributed by atoms with Crippen LogP contribution in [0.1, 0.15) is 39.5 Å². The topological polar surface area (TPSA) is 69.6 Å². The molecule has 6 heteroatoms. The summed E-state index contributed by atoms with van der Waals surface area (Å²) in [4.78, 5) is 25.5. The number of carbonyl (C=O) groups is 2. The number of rotatable bonds is 7. The van der Waals surface area contributed by atoms with Crippen molar-refractivity contribution in [3.8, 4) is 0 Å². The average molecular weight is 316 g/mol. The van der Waals surface area contributed by atoms with E-state index >= 15 is 0 Å². The number of nitrogens with one attached hydrogen (secondary N) is 1. The Morgan fingerprint density at radius 3 is 2.76 bits per heavy atom. The molecule has 0 saturated carbocycles. The minimum atomic E-state index is -0.766. The first-order chi connectivity index (χ1) is 9.95. The molecule has 2 unspecified atom stereocenters. The highest BCUT2D eigenvalue weighted by atomic mass is 32.2. The zero-order valence-corrected chi connectivity index (χ0v) is 14.2. The predicted molar refractivity (Wildman–Crippen MR) is 86.7 cm³/mol. The van der Waals surface area contributed by atoms with Gasteiger partial charge in [0.25, 0.3) is 0 Å². The molecule has 0 spiro atoms. The number of carboxylic acid groups (broad SMARTS) is 1. The number of hydrogen-bond donors (Lipinski definition) is 2. The van der Waals surface area contributed by atoms with Gasteiger partial charge in [-0.15, -0.1) is 0 Å². The smallest absolute Gasteiger partial charge is 0.317 e. The van der Waals surface area contributed by atoms with Gasteiger partial charge in [-0.3, -0.25) is 4.79 Å². The fraction of sp³-hybridized carbons (Fsp3) is 0.867. The van der Waals surface area contributed by atoms with Crippen LogP contribution in [0.2, 0.25) is 0 Å². The SMILES string of the molecule is CCCC1(C(=O)O)CCCN(C(=O)NCC(C)CSC)C1. The molecular formula is C15H28N2O3S. The van der Waals surface area contributed by atoms with Crippen molar-refractivity contribution in [2.45, 2.75) is 39.5 Å². The van der Waals surface area contributed by atoms with E-state index in [1.165, 1.54) is 0 Å². The Morgan fingerprint density at radius 1 is 1.48 bits per heavy atom. The number of carbonyl (C=O) groups excluding carboxylic acids is 1. The first-order valence-electron chi connectivity index (χ1n) is 7.70. The van der Waals surface area contributed by atoms with Gasteiger partial charge in [-0.1, -0.05) is 20.3 Å². The molecule has 1 fully saturated rings.